The lowest BCUT2D eigenvalue weighted by molar-refractivity contribution is -0.132. The molecule has 3 heterocycles. The summed E-state index contributed by atoms with van der Waals surface area (Å²) >= 11 is 7.39. The highest BCUT2D eigenvalue weighted by atomic mass is 35.5. The van der Waals surface area contributed by atoms with Gasteiger partial charge < -0.3 is 15.5 Å². The van der Waals surface area contributed by atoms with Crippen molar-refractivity contribution < 1.29 is 9.59 Å². The van der Waals surface area contributed by atoms with Gasteiger partial charge in [0.2, 0.25) is 5.91 Å². The fraction of sp³-hybridized carbons (Fsp3) is 0.389. The normalized spacial score (nSPS) is 20.1. The monoisotopic (exact) mass is 390 g/mol. The predicted octanol–water partition coefficient (Wildman–Crippen LogP) is 3.74. The van der Waals surface area contributed by atoms with Gasteiger partial charge in [-0.3, -0.25) is 9.78 Å². The van der Waals surface area contributed by atoms with Gasteiger partial charge in [-0.1, -0.05) is 11.6 Å². The zero-order valence-electron chi connectivity index (χ0n) is 14.1. The van der Waals surface area contributed by atoms with Crippen LogP contribution in [0.3, 0.4) is 0 Å². The van der Waals surface area contributed by atoms with E-state index >= 15 is 0 Å². The van der Waals surface area contributed by atoms with Crippen molar-refractivity contribution in [1.82, 2.24) is 15.2 Å². The summed E-state index contributed by atoms with van der Waals surface area (Å²) in [6.45, 7) is 0.730. The predicted molar refractivity (Wildman–Crippen MR) is 102 cm³/mol. The molecule has 1 unspecified atom stereocenters. The van der Waals surface area contributed by atoms with Gasteiger partial charge in [-0.05, 0) is 49.9 Å². The van der Waals surface area contributed by atoms with Crippen LogP contribution in [0.4, 0.5) is 10.5 Å². The lowest BCUT2D eigenvalue weighted by atomic mass is 9.92. The molecule has 0 bridgehead atoms. The summed E-state index contributed by atoms with van der Waals surface area (Å²) in [6, 6.07) is 6.91. The van der Waals surface area contributed by atoms with Crippen molar-refractivity contribution in [1.29, 1.82) is 0 Å². The maximum atomic E-state index is 12.4. The Labute approximate surface area is 160 Å². The fourth-order valence-corrected chi connectivity index (χ4v) is 4.31. The molecule has 1 atom stereocenters. The number of rotatable bonds is 4. The molecule has 4 rings (SSSR count). The lowest BCUT2D eigenvalue weighted by Crippen LogP contribution is -2.47. The van der Waals surface area contributed by atoms with Gasteiger partial charge in [-0.2, -0.15) is 0 Å². The second-order valence-corrected chi connectivity index (χ2v) is 8.31. The molecule has 0 spiro atoms. The smallest absolute Gasteiger partial charge is 0.319 e. The summed E-state index contributed by atoms with van der Waals surface area (Å²) in [7, 11) is 0. The van der Waals surface area contributed by atoms with Crippen molar-refractivity contribution in [3.63, 3.8) is 0 Å². The van der Waals surface area contributed by atoms with Crippen LogP contribution in [0.2, 0.25) is 4.34 Å². The van der Waals surface area contributed by atoms with Crippen LogP contribution < -0.4 is 10.6 Å². The van der Waals surface area contributed by atoms with Gasteiger partial charge in [-0.15, -0.1) is 11.3 Å². The minimum absolute atomic E-state index is 0.0351. The van der Waals surface area contributed by atoms with Crippen LogP contribution >= 0.6 is 22.9 Å². The van der Waals surface area contributed by atoms with E-state index in [0.29, 0.717) is 22.5 Å². The first-order chi connectivity index (χ1) is 12.6. The van der Waals surface area contributed by atoms with Crippen LogP contribution in [-0.2, 0) is 4.79 Å². The Morgan fingerprint density at radius 3 is 2.69 bits per heavy atom. The molecular weight excluding hydrogens is 372 g/mol. The molecule has 136 valence electrons. The Morgan fingerprint density at radius 1 is 1.23 bits per heavy atom. The summed E-state index contributed by atoms with van der Waals surface area (Å²) in [5, 5.41) is 5.51. The van der Waals surface area contributed by atoms with Gasteiger partial charge in [-0.25, -0.2) is 4.79 Å². The summed E-state index contributed by atoms with van der Waals surface area (Å²) in [5.41, 5.74) is 1.38. The summed E-state index contributed by atoms with van der Waals surface area (Å²) < 4.78 is 0.709. The third-order valence-electron chi connectivity index (χ3n) is 4.91. The average molecular weight is 391 g/mol. The van der Waals surface area contributed by atoms with Crippen LogP contribution in [-0.4, -0.2) is 40.5 Å². The average Bonchev–Trinajstić information content (AvgIpc) is 3.15. The minimum Gasteiger partial charge on any atom is -0.338 e. The maximum Gasteiger partial charge on any atom is 0.319 e. The molecule has 6 nitrogen and oxygen atoms in total. The lowest BCUT2D eigenvalue weighted by Gasteiger charge is -2.34. The number of halogens is 1. The number of carbonyl (C=O) groups excluding carboxylic acids is 2. The number of hydrogen-bond donors (Lipinski definition) is 2. The molecule has 2 fully saturated rings. The van der Waals surface area contributed by atoms with E-state index in [0.717, 1.165) is 30.0 Å². The topological polar surface area (TPSA) is 74.3 Å². The fourth-order valence-electron chi connectivity index (χ4n) is 3.29. The van der Waals surface area contributed by atoms with E-state index < -0.39 is 6.04 Å². The highest BCUT2D eigenvalue weighted by Crippen LogP contribution is 2.30. The van der Waals surface area contributed by atoms with Gasteiger partial charge in [0.05, 0.1) is 26.8 Å². The van der Waals surface area contributed by atoms with Crippen LogP contribution in [0.15, 0.2) is 30.5 Å². The number of hydrogen-bond acceptors (Lipinski definition) is 4. The van der Waals surface area contributed by atoms with E-state index in [1.165, 1.54) is 17.8 Å². The quantitative estimate of drug-likeness (QED) is 0.835. The number of aromatic nitrogens is 1. The van der Waals surface area contributed by atoms with Gasteiger partial charge in [0, 0.05) is 12.6 Å². The number of anilines is 1. The minimum atomic E-state index is -0.434. The van der Waals surface area contributed by atoms with Crippen molar-refractivity contribution in [3.8, 4) is 10.6 Å². The molecule has 1 aliphatic heterocycles. The third-order valence-corrected chi connectivity index (χ3v) is 6.16. The Kier molecular flexibility index (Phi) is 4.82. The van der Waals surface area contributed by atoms with Gasteiger partial charge in [0.1, 0.15) is 6.04 Å². The first kappa shape index (κ1) is 17.3. The number of thiophene rings is 1. The third kappa shape index (κ3) is 3.54. The van der Waals surface area contributed by atoms with Gasteiger partial charge in [0.25, 0.3) is 0 Å². The van der Waals surface area contributed by atoms with Gasteiger partial charge >= 0.3 is 6.03 Å². The summed E-state index contributed by atoms with van der Waals surface area (Å²) in [5.74, 6) is 0.0351. The van der Waals surface area contributed by atoms with E-state index in [9.17, 15) is 9.59 Å². The number of amides is 3. The molecule has 1 saturated heterocycles. The van der Waals surface area contributed by atoms with Gasteiger partial charge in [0.15, 0.2) is 0 Å². The molecule has 2 N–H and O–H groups in total. The van der Waals surface area contributed by atoms with Crippen LogP contribution in [0, 0.1) is 0 Å². The number of pyridine rings is 1. The van der Waals surface area contributed by atoms with Crippen molar-refractivity contribution in [2.45, 2.75) is 37.8 Å². The van der Waals surface area contributed by atoms with E-state index in [1.807, 2.05) is 23.1 Å². The molecule has 2 aromatic heterocycles. The van der Waals surface area contributed by atoms with E-state index in [2.05, 4.69) is 15.6 Å². The van der Waals surface area contributed by atoms with E-state index in [-0.39, 0.29) is 11.9 Å². The van der Waals surface area contributed by atoms with Crippen LogP contribution in [0.1, 0.15) is 25.7 Å². The van der Waals surface area contributed by atoms with Crippen molar-refractivity contribution in [2.24, 2.45) is 0 Å². The Balaban J connectivity index is 1.32. The van der Waals surface area contributed by atoms with E-state index in [4.69, 9.17) is 11.6 Å². The highest BCUT2D eigenvalue weighted by Gasteiger charge is 2.38. The number of nitrogens with zero attached hydrogens (tertiary/aromatic N) is 2. The second kappa shape index (κ2) is 7.25. The molecule has 26 heavy (non-hydrogen) atoms. The molecule has 1 saturated carbocycles. The molecule has 3 amide bonds. The number of carbonyl (C=O) groups is 2. The molecule has 8 heteroatoms. The van der Waals surface area contributed by atoms with Crippen LogP contribution in [0.25, 0.3) is 10.6 Å². The first-order valence-electron chi connectivity index (χ1n) is 8.70. The molecule has 1 aliphatic carbocycles. The summed E-state index contributed by atoms with van der Waals surface area (Å²) in [6.07, 6.45) is 5.61. The van der Waals surface area contributed by atoms with Crippen molar-refractivity contribution in [2.75, 3.05) is 11.9 Å². The van der Waals surface area contributed by atoms with Crippen molar-refractivity contribution in [3.05, 3.63) is 34.8 Å². The molecule has 0 aromatic carbocycles. The van der Waals surface area contributed by atoms with Crippen molar-refractivity contribution >= 4 is 40.6 Å². The highest BCUT2D eigenvalue weighted by molar-refractivity contribution is 7.19. The molecule has 2 aliphatic rings. The number of urea groups is 1. The largest absolute Gasteiger partial charge is 0.338 e. The van der Waals surface area contributed by atoms with Crippen LogP contribution in [0.5, 0.6) is 0 Å². The molecular formula is C18H19ClN4O2S. The Bertz CT molecular complexity index is 819. The zero-order chi connectivity index (χ0) is 18.1. The standard InChI is InChI=1S/C18H19ClN4O2S/c19-16-7-6-15(26-16)13-5-4-11(10-20-13)21-18(25)22-14-8-9-23(17(14)24)12-2-1-3-12/h4-7,10,12,14H,1-3,8-9H2,(H2,21,22,25). The first-order valence-corrected chi connectivity index (χ1v) is 9.89. The number of likely N-dealkylation sites (tertiary alicyclic amines) is 1. The van der Waals surface area contributed by atoms with E-state index in [1.54, 1.807) is 12.3 Å². The zero-order valence-corrected chi connectivity index (χ0v) is 15.6. The number of nitrogens with one attached hydrogen (secondary N) is 2. The molecule has 2 aromatic rings. The Morgan fingerprint density at radius 2 is 2.08 bits per heavy atom. The summed E-state index contributed by atoms with van der Waals surface area (Å²) in [4.78, 5) is 31.8. The Hall–Kier alpha value is -2.12. The molecule has 0 radical (unpaired) electrons. The second-order valence-electron chi connectivity index (χ2n) is 6.59. The maximum absolute atomic E-state index is 12.4. The SMILES string of the molecule is O=C(Nc1ccc(-c2ccc(Cl)s2)nc1)NC1CCN(C2CCC2)C1=O.